The van der Waals surface area contributed by atoms with E-state index in [0.29, 0.717) is 11.6 Å². The lowest BCUT2D eigenvalue weighted by atomic mass is 10.1. The van der Waals surface area contributed by atoms with Crippen molar-refractivity contribution in [2.24, 2.45) is 0 Å². The molecule has 0 atom stereocenters. The Bertz CT molecular complexity index is 679. The zero-order chi connectivity index (χ0) is 13.3. The van der Waals surface area contributed by atoms with Crippen LogP contribution in [0.2, 0.25) is 0 Å². The molecule has 1 N–H and O–H groups in total. The molecule has 2 rings (SSSR count). The van der Waals surface area contributed by atoms with Crippen LogP contribution >= 0.6 is 0 Å². The summed E-state index contributed by atoms with van der Waals surface area (Å²) in [5, 5.41) is 0. The maximum absolute atomic E-state index is 13.0. The maximum Gasteiger partial charge on any atom is 0.295 e. The first kappa shape index (κ1) is 12.7. The number of hydrogen-bond acceptors (Lipinski definition) is 2. The molecule has 0 spiro atoms. The van der Waals surface area contributed by atoms with Gasteiger partial charge in [-0.05, 0) is 29.8 Å². The van der Waals surface area contributed by atoms with Crippen LogP contribution in [0.4, 0.5) is 8.78 Å². The SMILES string of the molecule is O=S(=O)(O)c1cc(F)ccc1-c1ccc(F)cc1. The number of benzene rings is 2. The third-order valence-corrected chi connectivity index (χ3v) is 3.27. The van der Waals surface area contributed by atoms with Crippen LogP contribution in [0.15, 0.2) is 47.4 Å². The summed E-state index contributed by atoms with van der Waals surface area (Å²) in [6, 6.07) is 7.97. The first-order chi connectivity index (χ1) is 8.38. The monoisotopic (exact) mass is 270 g/mol. The summed E-state index contributed by atoms with van der Waals surface area (Å²) >= 11 is 0. The molecule has 0 radical (unpaired) electrons. The largest absolute Gasteiger partial charge is 0.295 e. The van der Waals surface area contributed by atoms with Gasteiger partial charge in [-0.3, -0.25) is 4.55 Å². The smallest absolute Gasteiger partial charge is 0.282 e. The van der Waals surface area contributed by atoms with E-state index in [1.54, 1.807) is 0 Å². The lowest BCUT2D eigenvalue weighted by molar-refractivity contribution is 0.482. The van der Waals surface area contributed by atoms with E-state index in [1.807, 2.05) is 0 Å². The van der Waals surface area contributed by atoms with Gasteiger partial charge in [0, 0.05) is 5.56 Å². The first-order valence-electron chi connectivity index (χ1n) is 4.91. The van der Waals surface area contributed by atoms with Crippen molar-refractivity contribution in [1.29, 1.82) is 0 Å². The van der Waals surface area contributed by atoms with Crippen molar-refractivity contribution in [2.45, 2.75) is 4.90 Å². The molecule has 0 unspecified atom stereocenters. The first-order valence-corrected chi connectivity index (χ1v) is 6.35. The van der Waals surface area contributed by atoms with E-state index in [-0.39, 0.29) is 5.56 Å². The molecule has 3 nitrogen and oxygen atoms in total. The Kier molecular flexibility index (Phi) is 3.14. The van der Waals surface area contributed by atoms with Gasteiger partial charge >= 0.3 is 0 Å². The van der Waals surface area contributed by atoms with Gasteiger partial charge in [0.1, 0.15) is 16.5 Å². The molecule has 0 aliphatic heterocycles. The fraction of sp³-hybridized carbons (Fsp3) is 0. The molecule has 0 saturated heterocycles. The molecule has 0 aliphatic carbocycles. The summed E-state index contributed by atoms with van der Waals surface area (Å²) in [6.45, 7) is 0. The third-order valence-electron chi connectivity index (χ3n) is 2.38. The van der Waals surface area contributed by atoms with Gasteiger partial charge in [0.15, 0.2) is 0 Å². The van der Waals surface area contributed by atoms with Crippen LogP contribution < -0.4 is 0 Å². The maximum atomic E-state index is 13.0. The molecule has 2 aromatic carbocycles. The summed E-state index contributed by atoms with van der Waals surface area (Å²) in [4.78, 5) is -0.547. The van der Waals surface area contributed by atoms with Gasteiger partial charge in [0.2, 0.25) is 0 Å². The average Bonchev–Trinajstić information content (AvgIpc) is 2.29. The second-order valence-electron chi connectivity index (χ2n) is 3.62. The topological polar surface area (TPSA) is 54.4 Å². The van der Waals surface area contributed by atoms with Crippen LogP contribution in [-0.4, -0.2) is 13.0 Å². The second-order valence-corrected chi connectivity index (χ2v) is 5.01. The molecule has 0 heterocycles. The highest BCUT2D eigenvalue weighted by Crippen LogP contribution is 2.28. The second kappa shape index (κ2) is 4.47. The number of rotatable bonds is 2. The zero-order valence-electron chi connectivity index (χ0n) is 8.97. The summed E-state index contributed by atoms with van der Waals surface area (Å²) in [5.41, 5.74) is 0.475. The minimum absolute atomic E-state index is 0.110. The van der Waals surface area contributed by atoms with E-state index >= 15 is 0 Å². The van der Waals surface area contributed by atoms with Gasteiger partial charge in [-0.2, -0.15) is 8.42 Å². The highest BCUT2D eigenvalue weighted by atomic mass is 32.2. The standard InChI is InChI=1S/C12H8F2O3S/c13-9-3-1-8(2-4-9)11-6-5-10(14)7-12(11)18(15,16)17/h1-7H,(H,15,16,17). The Morgan fingerprint density at radius 1 is 0.889 bits per heavy atom. The zero-order valence-corrected chi connectivity index (χ0v) is 9.79. The van der Waals surface area contributed by atoms with Crippen molar-refractivity contribution >= 4 is 10.1 Å². The van der Waals surface area contributed by atoms with Crippen LogP contribution in [0.1, 0.15) is 0 Å². The van der Waals surface area contributed by atoms with Crippen LogP contribution in [0, 0.1) is 11.6 Å². The van der Waals surface area contributed by atoms with Crippen molar-refractivity contribution in [3.05, 3.63) is 54.1 Å². The van der Waals surface area contributed by atoms with Gasteiger partial charge in [0.05, 0.1) is 0 Å². The fourth-order valence-corrected chi connectivity index (χ4v) is 2.30. The average molecular weight is 270 g/mol. The summed E-state index contributed by atoms with van der Waals surface area (Å²) in [6.07, 6.45) is 0. The molecular weight excluding hydrogens is 262 g/mol. The lowest BCUT2D eigenvalue weighted by Gasteiger charge is -2.07. The number of hydrogen-bond donors (Lipinski definition) is 1. The molecule has 6 heteroatoms. The summed E-state index contributed by atoms with van der Waals surface area (Å²) in [7, 11) is -4.55. The van der Waals surface area contributed by atoms with E-state index < -0.39 is 26.6 Å². The normalized spacial score (nSPS) is 11.5. The molecule has 0 amide bonds. The minimum atomic E-state index is -4.55. The van der Waals surface area contributed by atoms with Crippen molar-refractivity contribution in [2.75, 3.05) is 0 Å². The van der Waals surface area contributed by atoms with E-state index in [9.17, 15) is 17.2 Å². The Labute approximate surface area is 102 Å². The van der Waals surface area contributed by atoms with Crippen molar-refractivity contribution in [3.63, 3.8) is 0 Å². The fourth-order valence-electron chi connectivity index (χ4n) is 1.58. The molecule has 18 heavy (non-hydrogen) atoms. The van der Waals surface area contributed by atoms with Crippen LogP contribution in [0.25, 0.3) is 11.1 Å². The Morgan fingerprint density at radius 2 is 1.44 bits per heavy atom. The van der Waals surface area contributed by atoms with E-state index in [2.05, 4.69) is 0 Å². The molecule has 0 saturated carbocycles. The quantitative estimate of drug-likeness (QED) is 0.854. The van der Waals surface area contributed by atoms with E-state index in [0.717, 1.165) is 18.2 Å². The van der Waals surface area contributed by atoms with Crippen molar-refractivity contribution in [1.82, 2.24) is 0 Å². The van der Waals surface area contributed by atoms with Crippen molar-refractivity contribution < 1.29 is 21.8 Å². The number of halogens is 2. The summed E-state index contributed by atoms with van der Waals surface area (Å²) < 4.78 is 57.2. The molecule has 2 aromatic rings. The minimum Gasteiger partial charge on any atom is -0.282 e. The summed E-state index contributed by atoms with van der Waals surface area (Å²) in [5.74, 6) is -1.26. The van der Waals surface area contributed by atoms with Gasteiger partial charge < -0.3 is 0 Å². The molecule has 0 aromatic heterocycles. The molecule has 0 bridgehead atoms. The lowest BCUT2D eigenvalue weighted by Crippen LogP contribution is -2.01. The molecule has 0 fully saturated rings. The third kappa shape index (κ3) is 2.55. The van der Waals surface area contributed by atoms with Gasteiger partial charge in [-0.25, -0.2) is 8.78 Å². The van der Waals surface area contributed by atoms with Crippen LogP contribution in [0.5, 0.6) is 0 Å². The van der Waals surface area contributed by atoms with E-state index in [4.69, 9.17) is 4.55 Å². The molecular formula is C12H8F2O3S. The van der Waals surface area contributed by atoms with Gasteiger partial charge in [0.25, 0.3) is 10.1 Å². The van der Waals surface area contributed by atoms with Gasteiger partial charge in [-0.15, -0.1) is 0 Å². The molecule has 94 valence electrons. The van der Waals surface area contributed by atoms with Crippen LogP contribution in [-0.2, 0) is 10.1 Å². The van der Waals surface area contributed by atoms with Crippen LogP contribution in [0.3, 0.4) is 0 Å². The van der Waals surface area contributed by atoms with E-state index in [1.165, 1.54) is 18.2 Å². The van der Waals surface area contributed by atoms with Crippen molar-refractivity contribution in [3.8, 4) is 11.1 Å². The Hall–Kier alpha value is -1.79. The molecule has 0 aliphatic rings. The predicted molar refractivity (Wildman–Crippen MR) is 61.6 cm³/mol. The Balaban J connectivity index is 2.68. The highest BCUT2D eigenvalue weighted by Gasteiger charge is 2.17. The predicted octanol–water partition coefficient (Wildman–Crippen LogP) is 2.88. The van der Waals surface area contributed by atoms with Gasteiger partial charge in [-0.1, -0.05) is 18.2 Å². The highest BCUT2D eigenvalue weighted by molar-refractivity contribution is 7.86. The Morgan fingerprint density at radius 3 is 2.00 bits per heavy atom.